The summed E-state index contributed by atoms with van der Waals surface area (Å²) in [5.74, 6) is -3.41. The topological polar surface area (TPSA) is 80.0 Å². The van der Waals surface area contributed by atoms with Gasteiger partial charge in [0.15, 0.2) is 0 Å². The lowest BCUT2D eigenvalue weighted by Gasteiger charge is -2.47. The molecule has 5 rings (SSSR count). The van der Waals surface area contributed by atoms with Crippen LogP contribution in [0.25, 0.3) is 0 Å². The predicted octanol–water partition coefficient (Wildman–Crippen LogP) is 1.87. The van der Waals surface area contributed by atoms with Crippen molar-refractivity contribution in [2.45, 2.75) is 50.1 Å². The molecule has 2 amide bonds. The highest BCUT2D eigenvalue weighted by molar-refractivity contribution is 6.01. The van der Waals surface area contributed by atoms with Crippen molar-refractivity contribution in [2.24, 2.45) is 5.92 Å². The van der Waals surface area contributed by atoms with Crippen LogP contribution in [-0.2, 0) is 9.59 Å². The third-order valence-corrected chi connectivity index (χ3v) is 8.24. The van der Waals surface area contributed by atoms with Crippen LogP contribution in [0.1, 0.15) is 32.1 Å². The predicted molar refractivity (Wildman–Crippen MR) is 135 cm³/mol. The molecule has 2 atom stereocenters. The van der Waals surface area contributed by atoms with Gasteiger partial charge in [-0.2, -0.15) is 0 Å². The highest BCUT2D eigenvalue weighted by Gasteiger charge is 2.48. The first-order chi connectivity index (χ1) is 17.8. The molecule has 11 heteroatoms. The van der Waals surface area contributed by atoms with E-state index in [9.17, 15) is 14.0 Å². The van der Waals surface area contributed by atoms with Gasteiger partial charge in [-0.1, -0.05) is 0 Å². The van der Waals surface area contributed by atoms with Crippen LogP contribution in [-0.4, -0.2) is 98.5 Å². The van der Waals surface area contributed by atoms with E-state index in [0.29, 0.717) is 62.9 Å². The van der Waals surface area contributed by atoms with Crippen LogP contribution in [0.5, 0.6) is 0 Å². The second-order valence-corrected chi connectivity index (χ2v) is 10.8. The SMILES string of the molecule is O=C1CCC(Nc2ccc(N3CCN(C4CCN(CC5CCNCC5)CC4(F)F)CC3)c(F)c2)C(=O)N1. The minimum atomic E-state index is -2.76. The van der Waals surface area contributed by atoms with E-state index in [1.165, 1.54) is 6.07 Å². The number of imide groups is 1. The summed E-state index contributed by atoms with van der Waals surface area (Å²) < 4.78 is 45.4. The average molecular weight is 523 g/mol. The van der Waals surface area contributed by atoms with Gasteiger partial charge in [-0.15, -0.1) is 0 Å². The van der Waals surface area contributed by atoms with Crippen molar-refractivity contribution in [1.29, 1.82) is 0 Å². The second kappa shape index (κ2) is 11.2. The lowest BCUT2D eigenvalue weighted by molar-refractivity contribution is -0.133. The van der Waals surface area contributed by atoms with Gasteiger partial charge in [-0.25, -0.2) is 13.2 Å². The number of amides is 2. The molecule has 4 saturated heterocycles. The first kappa shape index (κ1) is 26.2. The molecule has 0 radical (unpaired) electrons. The zero-order chi connectivity index (χ0) is 26.0. The average Bonchev–Trinajstić information content (AvgIpc) is 2.86. The fourth-order valence-electron chi connectivity index (χ4n) is 6.19. The molecule has 8 nitrogen and oxygen atoms in total. The van der Waals surface area contributed by atoms with Gasteiger partial charge in [0.2, 0.25) is 11.8 Å². The largest absolute Gasteiger partial charge is 0.374 e. The lowest BCUT2D eigenvalue weighted by Crippen LogP contribution is -2.62. The molecule has 0 saturated carbocycles. The molecule has 2 unspecified atom stereocenters. The number of nitrogens with one attached hydrogen (secondary N) is 3. The minimum absolute atomic E-state index is 0.182. The number of piperidine rings is 3. The number of rotatable bonds is 6. The summed E-state index contributed by atoms with van der Waals surface area (Å²) in [6.07, 6.45) is 3.16. The van der Waals surface area contributed by atoms with Crippen LogP contribution in [0.15, 0.2) is 18.2 Å². The summed E-state index contributed by atoms with van der Waals surface area (Å²) in [5, 5.41) is 8.60. The van der Waals surface area contributed by atoms with Crippen molar-refractivity contribution in [3.63, 3.8) is 0 Å². The van der Waals surface area contributed by atoms with E-state index in [4.69, 9.17) is 0 Å². The third kappa shape index (κ3) is 6.21. The number of carbonyl (C=O) groups excluding carboxylic acids is 2. The number of carbonyl (C=O) groups is 2. The van der Waals surface area contributed by atoms with E-state index in [1.54, 1.807) is 12.1 Å². The maximum Gasteiger partial charge on any atom is 0.275 e. The fourth-order valence-corrected chi connectivity index (χ4v) is 6.19. The first-order valence-corrected chi connectivity index (χ1v) is 13.5. The molecule has 4 aliphatic rings. The van der Waals surface area contributed by atoms with E-state index in [-0.39, 0.29) is 18.9 Å². The molecule has 4 heterocycles. The summed E-state index contributed by atoms with van der Waals surface area (Å²) in [6, 6.07) is 3.36. The molecular formula is C26H37F3N6O2. The van der Waals surface area contributed by atoms with Gasteiger partial charge in [0.05, 0.1) is 18.3 Å². The van der Waals surface area contributed by atoms with Crippen LogP contribution in [0.3, 0.4) is 0 Å². The maximum absolute atomic E-state index is 15.2. The first-order valence-electron chi connectivity index (χ1n) is 13.5. The molecular weight excluding hydrogens is 485 g/mol. The highest BCUT2D eigenvalue weighted by atomic mass is 19.3. The van der Waals surface area contributed by atoms with E-state index >= 15 is 8.78 Å². The van der Waals surface area contributed by atoms with Gasteiger partial charge in [-0.3, -0.25) is 24.7 Å². The lowest BCUT2D eigenvalue weighted by atomic mass is 9.93. The number of nitrogens with zero attached hydrogens (tertiary/aromatic N) is 3. The zero-order valence-corrected chi connectivity index (χ0v) is 21.2. The van der Waals surface area contributed by atoms with Gasteiger partial charge in [-0.05, 0) is 62.9 Å². The quantitative estimate of drug-likeness (QED) is 0.493. The Hall–Kier alpha value is -2.37. The van der Waals surface area contributed by atoms with E-state index in [1.807, 2.05) is 14.7 Å². The molecule has 0 aliphatic carbocycles. The molecule has 1 aromatic carbocycles. The molecule has 0 spiro atoms. The number of halogens is 3. The second-order valence-electron chi connectivity index (χ2n) is 10.8. The van der Waals surface area contributed by atoms with Gasteiger partial charge in [0, 0.05) is 51.4 Å². The van der Waals surface area contributed by atoms with E-state index in [0.717, 1.165) is 32.5 Å². The molecule has 204 valence electrons. The Bertz CT molecular complexity index is 981. The number of hydrogen-bond donors (Lipinski definition) is 3. The zero-order valence-electron chi connectivity index (χ0n) is 21.2. The molecule has 1 aromatic rings. The Morgan fingerprint density at radius 2 is 1.76 bits per heavy atom. The monoisotopic (exact) mass is 522 g/mol. The Kier molecular flexibility index (Phi) is 7.92. The third-order valence-electron chi connectivity index (χ3n) is 8.24. The van der Waals surface area contributed by atoms with Crippen molar-refractivity contribution in [2.75, 3.05) is 69.1 Å². The molecule has 0 bridgehead atoms. The van der Waals surface area contributed by atoms with Crippen LogP contribution in [0.4, 0.5) is 24.5 Å². The highest BCUT2D eigenvalue weighted by Crippen LogP contribution is 2.34. The van der Waals surface area contributed by atoms with Crippen LogP contribution < -0.4 is 20.9 Å². The molecule has 4 fully saturated rings. The number of likely N-dealkylation sites (tertiary alicyclic amines) is 1. The number of anilines is 2. The van der Waals surface area contributed by atoms with Gasteiger partial charge < -0.3 is 15.5 Å². The summed E-state index contributed by atoms with van der Waals surface area (Å²) in [4.78, 5) is 29.0. The molecule has 37 heavy (non-hydrogen) atoms. The van der Waals surface area contributed by atoms with Crippen LogP contribution >= 0.6 is 0 Å². The normalized spacial score (nSPS) is 28.2. The van der Waals surface area contributed by atoms with Crippen molar-refractivity contribution in [3.8, 4) is 0 Å². The summed E-state index contributed by atoms with van der Waals surface area (Å²) >= 11 is 0. The number of piperazine rings is 1. The Morgan fingerprint density at radius 3 is 2.43 bits per heavy atom. The van der Waals surface area contributed by atoms with Gasteiger partial charge >= 0.3 is 0 Å². The number of hydrogen-bond acceptors (Lipinski definition) is 7. The molecule has 4 aliphatic heterocycles. The fraction of sp³-hybridized carbons (Fsp3) is 0.692. The number of alkyl halides is 2. The smallest absolute Gasteiger partial charge is 0.275 e. The van der Waals surface area contributed by atoms with Crippen molar-refractivity contribution < 1.29 is 22.8 Å². The Labute approximate surface area is 215 Å². The summed E-state index contributed by atoms with van der Waals surface area (Å²) in [6.45, 7) is 5.09. The summed E-state index contributed by atoms with van der Waals surface area (Å²) in [7, 11) is 0. The van der Waals surface area contributed by atoms with Gasteiger partial charge in [0.1, 0.15) is 11.9 Å². The Morgan fingerprint density at radius 1 is 1.00 bits per heavy atom. The van der Waals surface area contributed by atoms with Crippen molar-refractivity contribution in [1.82, 2.24) is 20.4 Å². The number of benzene rings is 1. The van der Waals surface area contributed by atoms with Crippen molar-refractivity contribution in [3.05, 3.63) is 24.0 Å². The molecule has 3 N–H and O–H groups in total. The van der Waals surface area contributed by atoms with Crippen LogP contribution in [0.2, 0.25) is 0 Å². The standard InChI is InChI=1S/C26H37F3N6O2/c27-20-15-19(31-21-2-4-24(36)32-25(21)37)1-3-22(20)34-11-13-35(14-12-34)23-7-10-33(17-26(23,28)29)16-18-5-8-30-9-6-18/h1,3,15,18,21,23,30-31H,2,4-14,16-17H2,(H,32,36,37). The van der Waals surface area contributed by atoms with Crippen molar-refractivity contribution >= 4 is 23.2 Å². The molecule has 0 aromatic heterocycles. The van der Waals surface area contributed by atoms with Crippen LogP contribution in [0, 0.1) is 11.7 Å². The van der Waals surface area contributed by atoms with E-state index < -0.39 is 29.7 Å². The maximum atomic E-state index is 15.2. The Balaban J connectivity index is 1.13. The minimum Gasteiger partial charge on any atom is -0.374 e. The van der Waals surface area contributed by atoms with Gasteiger partial charge in [0.25, 0.3) is 5.92 Å². The van der Waals surface area contributed by atoms with E-state index in [2.05, 4.69) is 16.0 Å². The summed E-state index contributed by atoms with van der Waals surface area (Å²) in [5.41, 5.74) is 0.891.